The van der Waals surface area contributed by atoms with E-state index >= 15 is 0 Å². The summed E-state index contributed by atoms with van der Waals surface area (Å²) in [6.07, 6.45) is -4.79. The molecule has 0 radical (unpaired) electrons. The van der Waals surface area contributed by atoms with Gasteiger partial charge in [0.25, 0.3) is 11.4 Å². The number of aryl methyl sites for hydroxylation is 1. The van der Waals surface area contributed by atoms with Crippen molar-refractivity contribution in [3.05, 3.63) is 98.7 Å². The standard InChI is InChI=1S/C25H17F3N4O4/c1-14-2-4-15(5-3-14)13-32-23(33)19-11-8-17(12-20(19)29-24(32)34)22-30-21(31-36-22)16-6-9-18(10-7-16)35-25(26,27)28/h2-12H,13H2,1H3,(H,29,34). The number of ether oxygens (including phenoxy) is 1. The molecule has 0 aliphatic rings. The summed E-state index contributed by atoms with van der Waals surface area (Å²) >= 11 is 0. The first kappa shape index (κ1) is 23.1. The Hall–Kier alpha value is -4.67. The molecule has 2 aromatic heterocycles. The van der Waals surface area contributed by atoms with Crippen LogP contribution in [0.2, 0.25) is 0 Å². The van der Waals surface area contributed by atoms with E-state index in [9.17, 15) is 22.8 Å². The number of rotatable bonds is 5. The number of alkyl halides is 3. The third-order valence-electron chi connectivity index (χ3n) is 5.46. The largest absolute Gasteiger partial charge is 0.573 e. The summed E-state index contributed by atoms with van der Waals surface area (Å²) in [5, 5.41) is 4.17. The number of aromatic amines is 1. The van der Waals surface area contributed by atoms with Crippen LogP contribution in [-0.2, 0) is 6.54 Å². The van der Waals surface area contributed by atoms with Gasteiger partial charge in [0, 0.05) is 11.1 Å². The summed E-state index contributed by atoms with van der Waals surface area (Å²) in [4.78, 5) is 32.6. The number of H-pyrrole nitrogens is 1. The summed E-state index contributed by atoms with van der Waals surface area (Å²) in [6.45, 7) is 2.08. The fourth-order valence-electron chi connectivity index (χ4n) is 3.67. The van der Waals surface area contributed by atoms with E-state index in [0.717, 1.165) is 27.8 Å². The van der Waals surface area contributed by atoms with Crippen molar-refractivity contribution in [1.29, 1.82) is 0 Å². The molecule has 5 rings (SSSR count). The number of fused-ring (bicyclic) bond motifs is 1. The minimum absolute atomic E-state index is 0.104. The van der Waals surface area contributed by atoms with Crippen LogP contribution in [0.3, 0.4) is 0 Å². The van der Waals surface area contributed by atoms with Gasteiger partial charge in [-0.2, -0.15) is 4.98 Å². The number of hydrogen-bond acceptors (Lipinski definition) is 6. The quantitative estimate of drug-likeness (QED) is 0.381. The van der Waals surface area contributed by atoms with Gasteiger partial charge in [0.2, 0.25) is 5.82 Å². The van der Waals surface area contributed by atoms with Crippen molar-refractivity contribution in [2.75, 3.05) is 0 Å². The molecule has 0 aliphatic heterocycles. The van der Waals surface area contributed by atoms with Crippen LogP contribution < -0.4 is 16.0 Å². The van der Waals surface area contributed by atoms with Gasteiger partial charge < -0.3 is 14.2 Å². The molecule has 36 heavy (non-hydrogen) atoms. The van der Waals surface area contributed by atoms with E-state index in [2.05, 4.69) is 19.9 Å². The van der Waals surface area contributed by atoms with Crippen LogP contribution in [0.1, 0.15) is 11.1 Å². The number of benzene rings is 3. The van der Waals surface area contributed by atoms with Crippen LogP contribution in [0.25, 0.3) is 33.7 Å². The third kappa shape index (κ3) is 4.76. The molecule has 0 saturated heterocycles. The van der Waals surface area contributed by atoms with Crippen LogP contribution in [-0.4, -0.2) is 26.1 Å². The van der Waals surface area contributed by atoms with E-state index in [1.165, 1.54) is 12.1 Å². The van der Waals surface area contributed by atoms with E-state index < -0.39 is 17.6 Å². The SMILES string of the molecule is Cc1ccc(Cn2c(=O)[nH]c3cc(-c4nc(-c5ccc(OC(F)(F)F)cc5)no4)ccc3c2=O)cc1. The van der Waals surface area contributed by atoms with Gasteiger partial charge in [-0.05, 0) is 55.0 Å². The monoisotopic (exact) mass is 494 g/mol. The summed E-state index contributed by atoms with van der Waals surface area (Å²) in [5.41, 5.74) is 2.06. The lowest BCUT2D eigenvalue weighted by molar-refractivity contribution is -0.274. The van der Waals surface area contributed by atoms with E-state index in [-0.39, 0.29) is 24.0 Å². The molecule has 8 nitrogen and oxygen atoms in total. The molecule has 5 aromatic rings. The Morgan fingerprint density at radius 3 is 2.36 bits per heavy atom. The summed E-state index contributed by atoms with van der Waals surface area (Å²) in [6, 6.07) is 17.3. The summed E-state index contributed by atoms with van der Waals surface area (Å²) in [7, 11) is 0. The highest BCUT2D eigenvalue weighted by molar-refractivity contribution is 5.82. The average molecular weight is 494 g/mol. The molecule has 0 unspecified atom stereocenters. The minimum Gasteiger partial charge on any atom is -0.406 e. The van der Waals surface area contributed by atoms with Gasteiger partial charge in [-0.3, -0.25) is 9.36 Å². The topological polar surface area (TPSA) is 103 Å². The molecule has 1 N–H and O–H groups in total. The van der Waals surface area contributed by atoms with Gasteiger partial charge >= 0.3 is 12.1 Å². The fourth-order valence-corrected chi connectivity index (χ4v) is 3.67. The maximum absolute atomic E-state index is 13.0. The van der Waals surface area contributed by atoms with Crippen LogP contribution in [0.4, 0.5) is 13.2 Å². The van der Waals surface area contributed by atoms with Crippen LogP contribution in [0.15, 0.2) is 80.8 Å². The smallest absolute Gasteiger partial charge is 0.406 e. The molecule has 3 aromatic carbocycles. The lowest BCUT2D eigenvalue weighted by Gasteiger charge is -2.08. The van der Waals surface area contributed by atoms with Gasteiger partial charge in [-0.1, -0.05) is 35.0 Å². The predicted molar refractivity (Wildman–Crippen MR) is 125 cm³/mol. The van der Waals surface area contributed by atoms with Crippen LogP contribution in [0, 0.1) is 6.92 Å². The van der Waals surface area contributed by atoms with Crippen molar-refractivity contribution in [2.24, 2.45) is 0 Å². The van der Waals surface area contributed by atoms with Crippen LogP contribution in [0.5, 0.6) is 5.75 Å². The molecule has 182 valence electrons. The van der Waals surface area contributed by atoms with Gasteiger partial charge in [0.05, 0.1) is 17.4 Å². The highest BCUT2D eigenvalue weighted by atomic mass is 19.4. The zero-order chi connectivity index (χ0) is 25.4. The minimum atomic E-state index is -4.79. The number of halogens is 3. The Morgan fingerprint density at radius 2 is 1.67 bits per heavy atom. The Labute approximate surface area is 200 Å². The molecule has 0 fully saturated rings. The van der Waals surface area contributed by atoms with E-state index in [1.54, 1.807) is 18.2 Å². The molecule has 2 heterocycles. The van der Waals surface area contributed by atoms with Crippen molar-refractivity contribution < 1.29 is 22.4 Å². The highest BCUT2D eigenvalue weighted by Gasteiger charge is 2.31. The molecular formula is C25H17F3N4O4. The van der Waals surface area contributed by atoms with Gasteiger partial charge in [-0.25, -0.2) is 4.79 Å². The molecule has 0 aliphatic carbocycles. The molecule has 0 bridgehead atoms. The molecule has 0 spiro atoms. The van der Waals surface area contributed by atoms with E-state index in [0.29, 0.717) is 22.0 Å². The molecule has 11 heteroatoms. The van der Waals surface area contributed by atoms with E-state index in [4.69, 9.17) is 4.52 Å². The first-order valence-electron chi connectivity index (χ1n) is 10.7. The van der Waals surface area contributed by atoms with Crippen molar-refractivity contribution >= 4 is 10.9 Å². The maximum atomic E-state index is 13.0. The number of nitrogens with one attached hydrogen (secondary N) is 1. The van der Waals surface area contributed by atoms with Crippen molar-refractivity contribution in [3.63, 3.8) is 0 Å². The van der Waals surface area contributed by atoms with Gasteiger partial charge in [0.15, 0.2) is 0 Å². The Morgan fingerprint density at radius 1 is 0.972 bits per heavy atom. The summed E-state index contributed by atoms with van der Waals surface area (Å²) < 4.78 is 47.3. The molecular weight excluding hydrogens is 477 g/mol. The third-order valence-corrected chi connectivity index (χ3v) is 5.46. The second-order valence-corrected chi connectivity index (χ2v) is 8.06. The lowest BCUT2D eigenvalue weighted by Crippen LogP contribution is -2.35. The zero-order valence-corrected chi connectivity index (χ0v) is 18.7. The van der Waals surface area contributed by atoms with Gasteiger partial charge in [0.1, 0.15) is 5.75 Å². The summed E-state index contributed by atoms with van der Waals surface area (Å²) in [5.74, 6) is -0.126. The first-order valence-corrected chi connectivity index (χ1v) is 10.7. The van der Waals surface area contributed by atoms with Crippen molar-refractivity contribution in [2.45, 2.75) is 19.8 Å². The average Bonchev–Trinajstić information content (AvgIpc) is 3.32. The van der Waals surface area contributed by atoms with Crippen LogP contribution >= 0.6 is 0 Å². The number of nitrogens with zero attached hydrogens (tertiary/aromatic N) is 3. The first-order chi connectivity index (χ1) is 17.2. The Kier molecular flexibility index (Phi) is 5.67. The second-order valence-electron chi connectivity index (χ2n) is 8.06. The molecule has 0 saturated carbocycles. The maximum Gasteiger partial charge on any atom is 0.573 e. The normalized spacial score (nSPS) is 11.7. The van der Waals surface area contributed by atoms with Crippen molar-refractivity contribution in [1.82, 2.24) is 19.7 Å². The second kappa shape index (κ2) is 8.84. The van der Waals surface area contributed by atoms with E-state index in [1.807, 2.05) is 31.2 Å². The number of hydrogen-bond donors (Lipinski definition) is 1. The highest BCUT2D eigenvalue weighted by Crippen LogP contribution is 2.27. The Balaban J connectivity index is 1.43. The Bertz CT molecular complexity index is 1670. The number of aromatic nitrogens is 4. The lowest BCUT2D eigenvalue weighted by atomic mass is 10.1. The predicted octanol–water partition coefficient (Wildman–Crippen LogP) is 4.66. The fraction of sp³-hybridized carbons (Fsp3) is 0.120. The van der Waals surface area contributed by atoms with Crippen molar-refractivity contribution in [3.8, 4) is 28.6 Å². The van der Waals surface area contributed by atoms with Gasteiger partial charge in [-0.15, -0.1) is 13.2 Å². The molecule has 0 atom stereocenters. The molecule has 0 amide bonds. The zero-order valence-electron chi connectivity index (χ0n) is 18.7.